The Bertz CT molecular complexity index is 624. The summed E-state index contributed by atoms with van der Waals surface area (Å²) < 4.78 is 13.8. The van der Waals surface area contributed by atoms with E-state index >= 15 is 0 Å². The van der Waals surface area contributed by atoms with Crippen molar-refractivity contribution in [3.8, 4) is 0 Å². The number of fused-ring (bicyclic) bond motifs is 1. The number of rotatable bonds is 6. The van der Waals surface area contributed by atoms with Crippen molar-refractivity contribution in [2.24, 2.45) is 0 Å². The zero-order chi connectivity index (χ0) is 15.2. The van der Waals surface area contributed by atoms with Crippen molar-refractivity contribution in [1.29, 1.82) is 0 Å². The van der Waals surface area contributed by atoms with Crippen LogP contribution < -0.4 is 5.32 Å². The fourth-order valence-electron chi connectivity index (χ4n) is 2.53. The first-order valence-electron chi connectivity index (χ1n) is 7.61. The molecule has 0 radical (unpaired) electrons. The lowest BCUT2D eigenvalue weighted by atomic mass is 10.0. The average Bonchev–Trinajstić information content (AvgIpc) is 2.48. The molecular weight excluding hydrogens is 265 g/mol. The van der Waals surface area contributed by atoms with Crippen molar-refractivity contribution in [3.05, 3.63) is 47.8 Å². The highest BCUT2D eigenvalue weighted by Crippen LogP contribution is 2.22. The molecule has 0 saturated heterocycles. The first-order chi connectivity index (χ1) is 10.1. The Labute approximate surface area is 125 Å². The second-order valence-electron chi connectivity index (χ2n) is 5.51. The normalized spacial score (nSPS) is 12.3. The van der Waals surface area contributed by atoms with E-state index in [2.05, 4.69) is 12.2 Å². The molecule has 2 nitrogen and oxygen atoms in total. The Morgan fingerprint density at radius 1 is 1.14 bits per heavy atom. The Hall–Kier alpha value is -1.90. The van der Waals surface area contributed by atoms with E-state index in [1.165, 1.54) is 18.9 Å². The zero-order valence-corrected chi connectivity index (χ0v) is 12.7. The van der Waals surface area contributed by atoms with E-state index in [1.807, 2.05) is 13.0 Å². The molecule has 3 heteroatoms. The summed E-state index contributed by atoms with van der Waals surface area (Å²) in [4.78, 5) is 12.4. The predicted octanol–water partition coefficient (Wildman–Crippen LogP) is 4.68. The van der Waals surface area contributed by atoms with Crippen LogP contribution in [0.3, 0.4) is 0 Å². The molecule has 0 bridgehead atoms. The standard InChI is InChI=1S/C18H22FNO/c1-3-4-5-8-13(2)20-18(21)16-11-12-17(19)15-10-7-6-9-14(15)16/h6-7,9-13H,3-5,8H2,1-2H3,(H,20,21). The van der Waals surface area contributed by atoms with Gasteiger partial charge in [0.2, 0.25) is 0 Å². The minimum atomic E-state index is -0.293. The summed E-state index contributed by atoms with van der Waals surface area (Å²) in [6, 6.07) is 10.1. The molecule has 1 unspecified atom stereocenters. The third-order valence-electron chi connectivity index (χ3n) is 3.73. The average molecular weight is 287 g/mol. The van der Waals surface area contributed by atoms with Gasteiger partial charge in [-0.05, 0) is 30.9 Å². The summed E-state index contributed by atoms with van der Waals surface area (Å²) in [7, 11) is 0. The number of nitrogens with one attached hydrogen (secondary N) is 1. The molecule has 21 heavy (non-hydrogen) atoms. The van der Waals surface area contributed by atoms with Gasteiger partial charge in [0, 0.05) is 17.0 Å². The lowest BCUT2D eigenvalue weighted by Gasteiger charge is -2.15. The molecular formula is C18H22FNO. The van der Waals surface area contributed by atoms with Crippen molar-refractivity contribution in [2.45, 2.75) is 45.6 Å². The summed E-state index contributed by atoms with van der Waals surface area (Å²) >= 11 is 0. The van der Waals surface area contributed by atoms with E-state index in [0.29, 0.717) is 16.3 Å². The maximum atomic E-state index is 13.8. The van der Waals surface area contributed by atoms with Gasteiger partial charge in [-0.15, -0.1) is 0 Å². The van der Waals surface area contributed by atoms with Crippen LogP contribution in [-0.4, -0.2) is 11.9 Å². The molecule has 2 aromatic carbocycles. The summed E-state index contributed by atoms with van der Waals surface area (Å²) in [5, 5.41) is 4.16. The SMILES string of the molecule is CCCCCC(C)NC(=O)c1ccc(F)c2ccccc12. The molecule has 0 aliphatic carbocycles. The molecule has 1 amide bonds. The minimum absolute atomic E-state index is 0.129. The molecule has 0 heterocycles. The highest BCUT2D eigenvalue weighted by atomic mass is 19.1. The molecule has 0 saturated carbocycles. The second kappa shape index (κ2) is 7.21. The van der Waals surface area contributed by atoms with Crippen molar-refractivity contribution in [3.63, 3.8) is 0 Å². The number of carbonyl (C=O) groups excluding carboxylic acids is 1. The second-order valence-corrected chi connectivity index (χ2v) is 5.51. The highest BCUT2D eigenvalue weighted by molar-refractivity contribution is 6.07. The number of hydrogen-bond donors (Lipinski definition) is 1. The van der Waals surface area contributed by atoms with E-state index in [-0.39, 0.29) is 17.8 Å². The Kier molecular flexibility index (Phi) is 5.32. The number of amides is 1. The summed E-state index contributed by atoms with van der Waals surface area (Å²) in [5.41, 5.74) is 0.536. The molecule has 2 rings (SSSR count). The molecule has 112 valence electrons. The topological polar surface area (TPSA) is 29.1 Å². The largest absolute Gasteiger partial charge is 0.350 e. The number of hydrogen-bond acceptors (Lipinski definition) is 1. The Balaban J connectivity index is 2.15. The molecule has 1 N–H and O–H groups in total. The number of unbranched alkanes of at least 4 members (excludes halogenated alkanes) is 2. The number of carbonyl (C=O) groups is 1. The zero-order valence-electron chi connectivity index (χ0n) is 12.7. The maximum Gasteiger partial charge on any atom is 0.252 e. The molecule has 0 aromatic heterocycles. The highest BCUT2D eigenvalue weighted by Gasteiger charge is 2.14. The van der Waals surface area contributed by atoms with Crippen molar-refractivity contribution >= 4 is 16.7 Å². The van der Waals surface area contributed by atoms with Crippen LogP contribution in [0.15, 0.2) is 36.4 Å². The first-order valence-corrected chi connectivity index (χ1v) is 7.61. The van der Waals surface area contributed by atoms with Crippen LogP contribution in [0, 0.1) is 5.82 Å². The Morgan fingerprint density at radius 3 is 2.57 bits per heavy atom. The monoisotopic (exact) mass is 287 g/mol. The molecule has 1 atom stereocenters. The Morgan fingerprint density at radius 2 is 1.86 bits per heavy atom. The van der Waals surface area contributed by atoms with Gasteiger partial charge in [0.25, 0.3) is 5.91 Å². The maximum absolute atomic E-state index is 13.8. The first kappa shape index (κ1) is 15.5. The van der Waals surface area contributed by atoms with E-state index in [9.17, 15) is 9.18 Å². The molecule has 0 fully saturated rings. The van der Waals surface area contributed by atoms with E-state index in [0.717, 1.165) is 12.8 Å². The quantitative estimate of drug-likeness (QED) is 0.768. The van der Waals surface area contributed by atoms with Crippen LogP contribution in [0.4, 0.5) is 4.39 Å². The van der Waals surface area contributed by atoms with Gasteiger partial charge in [-0.3, -0.25) is 4.79 Å². The molecule has 2 aromatic rings. The van der Waals surface area contributed by atoms with Crippen LogP contribution in [0.5, 0.6) is 0 Å². The molecule has 0 aliphatic rings. The van der Waals surface area contributed by atoms with Gasteiger partial charge in [-0.1, -0.05) is 50.5 Å². The predicted molar refractivity (Wildman–Crippen MR) is 85.0 cm³/mol. The van der Waals surface area contributed by atoms with Crippen molar-refractivity contribution < 1.29 is 9.18 Å². The van der Waals surface area contributed by atoms with E-state index < -0.39 is 0 Å². The van der Waals surface area contributed by atoms with Gasteiger partial charge < -0.3 is 5.32 Å². The third kappa shape index (κ3) is 3.81. The number of benzene rings is 2. The summed E-state index contributed by atoms with van der Waals surface area (Å²) in [6.07, 6.45) is 4.43. The van der Waals surface area contributed by atoms with Gasteiger partial charge >= 0.3 is 0 Å². The molecule has 0 spiro atoms. The van der Waals surface area contributed by atoms with Crippen LogP contribution in [0.2, 0.25) is 0 Å². The van der Waals surface area contributed by atoms with Crippen LogP contribution in [-0.2, 0) is 0 Å². The minimum Gasteiger partial charge on any atom is -0.350 e. The van der Waals surface area contributed by atoms with Gasteiger partial charge in [0.15, 0.2) is 0 Å². The van der Waals surface area contributed by atoms with Crippen molar-refractivity contribution in [1.82, 2.24) is 5.32 Å². The van der Waals surface area contributed by atoms with Gasteiger partial charge in [-0.2, -0.15) is 0 Å². The van der Waals surface area contributed by atoms with Crippen LogP contribution >= 0.6 is 0 Å². The van der Waals surface area contributed by atoms with E-state index in [4.69, 9.17) is 0 Å². The van der Waals surface area contributed by atoms with Crippen LogP contribution in [0.1, 0.15) is 49.9 Å². The summed E-state index contributed by atoms with van der Waals surface area (Å²) in [5.74, 6) is -0.423. The van der Waals surface area contributed by atoms with Gasteiger partial charge in [0.1, 0.15) is 5.82 Å². The van der Waals surface area contributed by atoms with Gasteiger partial charge in [-0.25, -0.2) is 4.39 Å². The van der Waals surface area contributed by atoms with E-state index in [1.54, 1.807) is 24.3 Å². The lowest BCUT2D eigenvalue weighted by molar-refractivity contribution is 0.0939. The fraction of sp³-hybridized carbons (Fsp3) is 0.389. The van der Waals surface area contributed by atoms with Gasteiger partial charge in [0.05, 0.1) is 0 Å². The third-order valence-corrected chi connectivity index (χ3v) is 3.73. The fourth-order valence-corrected chi connectivity index (χ4v) is 2.53. The lowest BCUT2D eigenvalue weighted by Crippen LogP contribution is -2.32. The van der Waals surface area contributed by atoms with Crippen molar-refractivity contribution in [2.75, 3.05) is 0 Å². The molecule has 0 aliphatic heterocycles. The summed E-state index contributed by atoms with van der Waals surface area (Å²) in [6.45, 7) is 4.17. The number of halogens is 1. The van der Waals surface area contributed by atoms with Crippen LogP contribution in [0.25, 0.3) is 10.8 Å². The smallest absolute Gasteiger partial charge is 0.252 e.